The number of hydrogen-bond donors (Lipinski definition) is 4. The summed E-state index contributed by atoms with van der Waals surface area (Å²) < 4.78 is 5.06. The second kappa shape index (κ2) is 10.7. The van der Waals surface area contributed by atoms with E-state index in [1.54, 1.807) is 13.8 Å². The lowest BCUT2D eigenvalue weighted by molar-refractivity contribution is -0.132. The van der Waals surface area contributed by atoms with E-state index in [1.165, 1.54) is 0 Å². The van der Waals surface area contributed by atoms with E-state index in [0.29, 0.717) is 31.8 Å². The maximum atomic E-state index is 12.4. The van der Waals surface area contributed by atoms with Gasteiger partial charge in [-0.05, 0) is 32.6 Å². The summed E-state index contributed by atoms with van der Waals surface area (Å²) in [5.41, 5.74) is -0.836. The van der Waals surface area contributed by atoms with Crippen LogP contribution in [0.25, 0.3) is 0 Å². The monoisotopic (exact) mass is 398 g/mol. The molecule has 0 aliphatic carbocycles. The highest BCUT2D eigenvalue weighted by Gasteiger charge is 2.48. The third-order valence-corrected chi connectivity index (χ3v) is 4.32. The molecule has 28 heavy (non-hydrogen) atoms. The van der Waals surface area contributed by atoms with E-state index < -0.39 is 35.4 Å². The second-order valence-electron chi connectivity index (χ2n) is 7.48. The Bertz CT molecular complexity index is 603. The molecule has 10 nitrogen and oxygen atoms in total. The molecule has 3 unspecified atom stereocenters. The van der Waals surface area contributed by atoms with Crippen LogP contribution in [0, 0.1) is 5.92 Å². The van der Waals surface area contributed by atoms with E-state index in [9.17, 15) is 24.0 Å². The van der Waals surface area contributed by atoms with Crippen molar-refractivity contribution < 1.29 is 28.7 Å². The zero-order valence-electron chi connectivity index (χ0n) is 16.8. The zero-order chi connectivity index (χ0) is 21.3. The Kier molecular flexibility index (Phi) is 9.04. The van der Waals surface area contributed by atoms with Gasteiger partial charge in [0.1, 0.15) is 11.6 Å². The van der Waals surface area contributed by atoms with Crippen molar-refractivity contribution in [3.8, 4) is 0 Å². The standard InChI is InChI=1S/C18H30N4O6/c1-11(2)5-6-13(22-14(24)7-19-10-23)17(27)20-8-15(25)21-12(3)16(26)18(4)9-28-18/h10-13H,5-9H2,1-4H3,(H,19,23)(H,20,27)(H,21,25)(H,22,24). The highest BCUT2D eigenvalue weighted by molar-refractivity contribution is 5.97. The summed E-state index contributed by atoms with van der Waals surface area (Å²) >= 11 is 0. The highest BCUT2D eigenvalue weighted by atomic mass is 16.6. The molecule has 0 saturated carbocycles. The molecule has 0 spiro atoms. The number of hydrogen-bond acceptors (Lipinski definition) is 6. The molecule has 0 radical (unpaired) electrons. The molecule has 158 valence electrons. The van der Waals surface area contributed by atoms with Gasteiger partial charge in [0.25, 0.3) is 0 Å². The number of nitrogens with one attached hydrogen (secondary N) is 4. The molecule has 4 N–H and O–H groups in total. The molecule has 4 amide bonds. The Labute approximate surface area is 164 Å². The van der Waals surface area contributed by atoms with Gasteiger partial charge < -0.3 is 26.0 Å². The molecule has 0 bridgehead atoms. The summed E-state index contributed by atoms with van der Waals surface area (Å²) in [5, 5.41) is 9.76. The second-order valence-corrected chi connectivity index (χ2v) is 7.48. The fourth-order valence-corrected chi connectivity index (χ4v) is 2.51. The maximum absolute atomic E-state index is 12.4. The normalized spacial score (nSPS) is 19.9. The van der Waals surface area contributed by atoms with Gasteiger partial charge in [-0.1, -0.05) is 13.8 Å². The van der Waals surface area contributed by atoms with Gasteiger partial charge in [0.2, 0.25) is 24.1 Å². The van der Waals surface area contributed by atoms with Crippen molar-refractivity contribution in [2.75, 3.05) is 19.7 Å². The smallest absolute Gasteiger partial charge is 0.243 e. The molecule has 0 aromatic heterocycles. The van der Waals surface area contributed by atoms with E-state index in [1.807, 2.05) is 13.8 Å². The minimum Gasteiger partial charge on any atom is -0.361 e. The first-order chi connectivity index (χ1) is 13.1. The van der Waals surface area contributed by atoms with Crippen LogP contribution in [0.4, 0.5) is 0 Å². The Morgan fingerprint density at radius 1 is 1.04 bits per heavy atom. The summed E-state index contributed by atoms with van der Waals surface area (Å²) in [6.07, 6.45) is 1.47. The van der Waals surface area contributed by atoms with E-state index in [2.05, 4.69) is 21.3 Å². The minimum absolute atomic E-state index is 0.225. The lowest BCUT2D eigenvalue weighted by Gasteiger charge is -2.20. The van der Waals surface area contributed by atoms with Gasteiger partial charge in [-0.3, -0.25) is 24.0 Å². The number of amides is 4. The molecule has 1 heterocycles. The third-order valence-electron chi connectivity index (χ3n) is 4.32. The molecule has 0 aromatic carbocycles. The number of carbonyl (C=O) groups is 5. The first-order valence-electron chi connectivity index (χ1n) is 9.30. The van der Waals surface area contributed by atoms with Crippen LogP contribution in [0.2, 0.25) is 0 Å². The Balaban J connectivity index is 2.50. The first kappa shape index (κ1) is 23.5. The summed E-state index contributed by atoms with van der Waals surface area (Å²) in [6.45, 7) is 6.95. The van der Waals surface area contributed by atoms with E-state index in [0.717, 1.165) is 0 Å². The number of epoxide rings is 1. The van der Waals surface area contributed by atoms with Crippen molar-refractivity contribution in [2.45, 2.75) is 58.2 Å². The third kappa shape index (κ3) is 8.03. The Morgan fingerprint density at radius 3 is 2.18 bits per heavy atom. The van der Waals surface area contributed by atoms with Crippen molar-refractivity contribution >= 4 is 29.9 Å². The molecule has 3 atom stereocenters. The van der Waals surface area contributed by atoms with E-state index >= 15 is 0 Å². The topological polar surface area (TPSA) is 146 Å². The van der Waals surface area contributed by atoms with Crippen LogP contribution in [-0.2, 0) is 28.7 Å². The van der Waals surface area contributed by atoms with Crippen molar-refractivity contribution in [1.29, 1.82) is 0 Å². The van der Waals surface area contributed by atoms with E-state index in [4.69, 9.17) is 4.74 Å². The van der Waals surface area contributed by atoms with Crippen molar-refractivity contribution in [1.82, 2.24) is 21.3 Å². The molecule has 1 aliphatic heterocycles. The number of carbonyl (C=O) groups excluding carboxylic acids is 5. The quantitative estimate of drug-likeness (QED) is 0.222. The van der Waals surface area contributed by atoms with Gasteiger partial charge in [0.15, 0.2) is 5.78 Å². The van der Waals surface area contributed by atoms with E-state index in [-0.39, 0.29) is 18.9 Å². The molecule has 1 saturated heterocycles. The van der Waals surface area contributed by atoms with Gasteiger partial charge in [0, 0.05) is 0 Å². The van der Waals surface area contributed by atoms with Gasteiger partial charge in [-0.25, -0.2) is 0 Å². The van der Waals surface area contributed by atoms with Crippen LogP contribution in [0.15, 0.2) is 0 Å². The number of ketones is 1. The molecule has 1 fully saturated rings. The summed E-state index contributed by atoms with van der Waals surface area (Å²) in [4.78, 5) is 58.5. The van der Waals surface area contributed by atoms with Gasteiger partial charge >= 0.3 is 0 Å². The van der Waals surface area contributed by atoms with Crippen LogP contribution >= 0.6 is 0 Å². The van der Waals surface area contributed by atoms with Crippen molar-refractivity contribution in [3.63, 3.8) is 0 Å². The molecule has 1 aliphatic rings. The van der Waals surface area contributed by atoms with Crippen LogP contribution < -0.4 is 21.3 Å². The van der Waals surface area contributed by atoms with Crippen molar-refractivity contribution in [3.05, 3.63) is 0 Å². The van der Waals surface area contributed by atoms with Crippen molar-refractivity contribution in [2.24, 2.45) is 5.92 Å². The molecule has 10 heteroatoms. The van der Waals surface area contributed by atoms with Crippen LogP contribution in [0.3, 0.4) is 0 Å². The average molecular weight is 398 g/mol. The fourth-order valence-electron chi connectivity index (χ4n) is 2.51. The fraction of sp³-hybridized carbons (Fsp3) is 0.722. The van der Waals surface area contributed by atoms with Gasteiger partial charge in [-0.2, -0.15) is 0 Å². The molecular formula is C18H30N4O6. The van der Waals surface area contributed by atoms with Crippen LogP contribution in [0.1, 0.15) is 40.5 Å². The molecule has 1 rings (SSSR count). The summed E-state index contributed by atoms with van der Waals surface area (Å²) in [6, 6.07) is -1.56. The summed E-state index contributed by atoms with van der Waals surface area (Å²) in [5.74, 6) is -1.43. The lowest BCUT2D eigenvalue weighted by atomic mass is 10.0. The lowest BCUT2D eigenvalue weighted by Crippen LogP contribution is -2.52. The number of Topliss-reactive ketones (excluding diaryl/α,β-unsaturated/α-hetero) is 1. The molecule has 0 aromatic rings. The zero-order valence-corrected chi connectivity index (χ0v) is 16.8. The SMILES string of the molecule is CC(C)CCC(NC(=O)CNC=O)C(=O)NCC(=O)NC(C)C(=O)C1(C)CO1. The van der Waals surface area contributed by atoms with Crippen LogP contribution in [0.5, 0.6) is 0 Å². The largest absolute Gasteiger partial charge is 0.361 e. The highest BCUT2D eigenvalue weighted by Crippen LogP contribution is 2.28. The predicted molar refractivity (Wildman–Crippen MR) is 100 cm³/mol. The Morgan fingerprint density at radius 2 is 1.64 bits per heavy atom. The maximum Gasteiger partial charge on any atom is 0.243 e. The van der Waals surface area contributed by atoms with Crippen LogP contribution in [-0.4, -0.2) is 67.3 Å². The first-order valence-corrected chi connectivity index (χ1v) is 9.30. The predicted octanol–water partition coefficient (Wildman–Crippen LogP) is -1.37. The summed E-state index contributed by atoms with van der Waals surface area (Å²) in [7, 11) is 0. The molecular weight excluding hydrogens is 368 g/mol. The number of ether oxygens (including phenoxy) is 1. The van der Waals surface area contributed by atoms with Gasteiger partial charge in [-0.15, -0.1) is 0 Å². The Hall–Kier alpha value is -2.49. The number of rotatable bonds is 13. The minimum atomic E-state index is -0.836. The average Bonchev–Trinajstić information content (AvgIpc) is 3.39. The van der Waals surface area contributed by atoms with Gasteiger partial charge in [0.05, 0.1) is 25.7 Å².